The summed E-state index contributed by atoms with van der Waals surface area (Å²) in [5.74, 6) is 0. The van der Waals surface area contributed by atoms with Gasteiger partial charge in [0.2, 0.25) is 0 Å². The molecule has 0 aromatic rings. The average molecular weight is 204 g/mol. The van der Waals surface area contributed by atoms with E-state index >= 15 is 0 Å². The summed E-state index contributed by atoms with van der Waals surface area (Å²) < 4.78 is 10.1. The third kappa shape index (κ3) is 9.96. The van der Waals surface area contributed by atoms with Crippen LogP contribution in [0.3, 0.4) is 0 Å². The highest BCUT2D eigenvalue weighted by Gasteiger charge is 2.02. The van der Waals surface area contributed by atoms with Crippen LogP contribution in [0.5, 0.6) is 0 Å². The maximum atomic E-state index is 9.24. The van der Waals surface area contributed by atoms with Gasteiger partial charge in [-0.15, -0.1) is 0 Å². The van der Waals surface area contributed by atoms with E-state index in [-0.39, 0.29) is 0 Å². The second-order valence-corrected chi connectivity index (χ2v) is 3.60. The standard InChI is InChI=1S/C11H24O3/c1-3-4-5-6-7-8-14-10-11(12)9-13-2/h11-12H,3-10H2,1-2H3. The Morgan fingerprint density at radius 1 is 1.07 bits per heavy atom. The molecule has 0 aliphatic heterocycles. The Morgan fingerprint density at radius 2 is 1.79 bits per heavy atom. The number of methoxy groups -OCH3 is 1. The number of unbranched alkanes of at least 4 members (excludes halogenated alkanes) is 4. The Bertz CT molecular complexity index is 107. The van der Waals surface area contributed by atoms with E-state index in [1.807, 2.05) is 0 Å². The smallest absolute Gasteiger partial charge is 0.101 e. The van der Waals surface area contributed by atoms with Gasteiger partial charge in [0.25, 0.3) is 0 Å². The summed E-state index contributed by atoms with van der Waals surface area (Å²) in [6, 6.07) is 0. The van der Waals surface area contributed by atoms with E-state index in [1.54, 1.807) is 7.11 Å². The molecule has 3 heteroatoms. The van der Waals surface area contributed by atoms with Gasteiger partial charge in [-0.25, -0.2) is 0 Å². The monoisotopic (exact) mass is 204 g/mol. The molecular formula is C11H24O3. The predicted molar refractivity (Wildman–Crippen MR) is 57.5 cm³/mol. The molecule has 0 spiro atoms. The second-order valence-electron chi connectivity index (χ2n) is 3.60. The number of aliphatic hydroxyl groups is 1. The minimum Gasteiger partial charge on any atom is -0.388 e. The van der Waals surface area contributed by atoms with Crippen LogP contribution in [0.4, 0.5) is 0 Å². The van der Waals surface area contributed by atoms with E-state index in [1.165, 1.54) is 25.7 Å². The van der Waals surface area contributed by atoms with Crippen LogP contribution in [0, 0.1) is 0 Å². The number of hydrogen-bond acceptors (Lipinski definition) is 3. The fourth-order valence-corrected chi connectivity index (χ4v) is 1.27. The molecule has 0 rings (SSSR count). The molecule has 0 aliphatic carbocycles. The van der Waals surface area contributed by atoms with E-state index in [0.717, 1.165) is 13.0 Å². The molecule has 0 heterocycles. The molecule has 1 atom stereocenters. The van der Waals surface area contributed by atoms with Gasteiger partial charge in [0, 0.05) is 13.7 Å². The molecule has 0 saturated carbocycles. The largest absolute Gasteiger partial charge is 0.388 e. The minimum absolute atomic E-state index is 0.357. The van der Waals surface area contributed by atoms with Gasteiger partial charge >= 0.3 is 0 Å². The molecule has 0 saturated heterocycles. The van der Waals surface area contributed by atoms with Crippen molar-refractivity contribution in [2.75, 3.05) is 26.9 Å². The van der Waals surface area contributed by atoms with Crippen LogP contribution in [-0.2, 0) is 9.47 Å². The van der Waals surface area contributed by atoms with Gasteiger partial charge in [0.05, 0.1) is 13.2 Å². The first kappa shape index (κ1) is 13.9. The molecule has 0 bridgehead atoms. The lowest BCUT2D eigenvalue weighted by molar-refractivity contribution is -0.00683. The fourth-order valence-electron chi connectivity index (χ4n) is 1.27. The molecule has 14 heavy (non-hydrogen) atoms. The van der Waals surface area contributed by atoms with Crippen LogP contribution in [-0.4, -0.2) is 38.1 Å². The third-order valence-electron chi connectivity index (χ3n) is 2.06. The van der Waals surface area contributed by atoms with Crippen LogP contribution in [0.15, 0.2) is 0 Å². The summed E-state index contributed by atoms with van der Waals surface area (Å²) in [5.41, 5.74) is 0. The summed E-state index contributed by atoms with van der Waals surface area (Å²) in [6.07, 6.45) is 5.73. The van der Waals surface area contributed by atoms with Crippen LogP contribution >= 0.6 is 0 Å². The molecule has 1 unspecified atom stereocenters. The molecule has 86 valence electrons. The zero-order valence-electron chi connectivity index (χ0n) is 9.50. The Morgan fingerprint density at radius 3 is 2.43 bits per heavy atom. The van der Waals surface area contributed by atoms with E-state index in [2.05, 4.69) is 6.92 Å². The Labute approximate surface area is 87.4 Å². The van der Waals surface area contributed by atoms with Gasteiger partial charge in [-0.2, -0.15) is 0 Å². The molecule has 0 fully saturated rings. The van der Waals surface area contributed by atoms with Gasteiger partial charge in [-0.3, -0.25) is 0 Å². The summed E-state index contributed by atoms with van der Waals surface area (Å²) in [6.45, 7) is 3.71. The highest BCUT2D eigenvalue weighted by molar-refractivity contribution is 4.50. The van der Waals surface area contributed by atoms with Crippen molar-refractivity contribution in [1.29, 1.82) is 0 Å². The molecular weight excluding hydrogens is 180 g/mol. The van der Waals surface area contributed by atoms with Crippen molar-refractivity contribution in [1.82, 2.24) is 0 Å². The van der Waals surface area contributed by atoms with Gasteiger partial charge in [0.15, 0.2) is 0 Å². The minimum atomic E-state index is -0.476. The molecule has 0 radical (unpaired) electrons. The topological polar surface area (TPSA) is 38.7 Å². The van der Waals surface area contributed by atoms with Gasteiger partial charge in [0.1, 0.15) is 6.10 Å². The Kier molecular flexibility index (Phi) is 10.9. The van der Waals surface area contributed by atoms with E-state index in [9.17, 15) is 5.11 Å². The summed E-state index contributed by atoms with van der Waals surface area (Å²) in [7, 11) is 1.58. The number of hydrogen-bond donors (Lipinski definition) is 1. The normalized spacial score (nSPS) is 13.1. The van der Waals surface area contributed by atoms with Crippen LogP contribution in [0.2, 0.25) is 0 Å². The van der Waals surface area contributed by atoms with Gasteiger partial charge in [-0.05, 0) is 6.42 Å². The summed E-state index contributed by atoms with van der Waals surface area (Å²) >= 11 is 0. The van der Waals surface area contributed by atoms with E-state index in [4.69, 9.17) is 9.47 Å². The molecule has 0 aliphatic rings. The quantitative estimate of drug-likeness (QED) is 0.553. The van der Waals surface area contributed by atoms with Crippen LogP contribution < -0.4 is 0 Å². The van der Waals surface area contributed by atoms with Crippen molar-refractivity contribution >= 4 is 0 Å². The number of aliphatic hydroxyl groups excluding tert-OH is 1. The maximum Gasteiger partial charge on any atom is 0.101 e. The first-order chi connectivity index (χ1) is 6.81. The number of ether oxygens (including phenoxy) is 2. The third-order valence-corrected chi connectivity index (χ3v) is 2.06. The van der Waals surface area contributed by atoms with Crippen molar-refractivity contribution in [3.8, 4) is 0 Å². The zero-order chi connectivity index (χ0) is 10.6. The molecule has 1 N–H and O–H groups in total. The molecule has 3 nitrogen and oxygen atoms in total. The average Bonchev–Trinajstić information content (AvgIpc) is 2.17. The summed E-state index contributed by atoms with van der Waals surface area (Å²) in [5, 5.41) is 9.24. The highest BCUT2D eigenvalue weighted by atomic mass is 16.5. The fraction of sp³-hybridized carbons (Fsp3) is 1.00. The lowest BCUT2D eigenvalue weighted by Crippen LogP contribution is -2.21. The Balaban J connectivity index is 2.98. The van der Waals surface area contributed by atoms with Gasteiger partial charge in [-0.1, -0.05) is 32.6 Å². The lowest BCUT2D eigenvalue weighted by atomic mass is 10.2. The molecule has 0 aromatic heterocycles. The summed E-state index contributed by atoms with van der Waals surface area (Å²) in [4.78, 5) is 0. The zero-order valence-corrected chi connectivity index (χ0v) is 9.50. The van der Waals surface area contributed by atoms with E-state index in [0.29, 0.717) is 13.2 Å². The van der Waals surface area contributed by atoms with Crippen LogP contribution in [0.25, 0.3) is 0 Å². The predicted octanol–water partition coefficient (Wildman–Crippen LogP) is 1.98. The van der Waals surface area contributed by atoms with Crippen molar-refractivity contribution in [2.45, 2.75) is 45.1 Å². The molecule has 0 aromatic carbocycles. The van der Waals surface area contributed by atoms with Crippen molar-refractivity contribution < 1.29 is 14.6 Å². The maximum absolute atomic E-state index is 9.24. The highest BCUT2D eigenvalue weighted by Crippen LogP contribution is 2.02. The number of rotatable bonds is 10. The lowest BCUT2D eigenvalue weighted by Gasteiger charge is -2.09. The van der Waals surface area contributed by atoms with E-state index < -0.39 is 6.10 Å². The first-order valence-electron chi connectivity index (χ1n) is 5.56. The molecule has 0 amide bonds. The van der Waals surface area contributed by atoms with Crippen LogP contribution in [0.1, 0.15) is 39.0 Å². The van der Waals surface area contributed by atoms with Crippen molar-refractivity contribution in [2.24, 2.45) is 0 Å². The van der Waals surface area contributed by atoms with Crippen molar-refractivity contribution in [3.05, 3.63) is 0 Å². The SMILES string of the molecule is CCCCCCCOCC(O)COC. The second kappa shape index (κ2) is 11.0. The first-order valence-corrected chi connectivity index (χ1v) is 5.56. The van der Waals surface area contributed by atoms with Gasteiger partial charge < -0.3 is 14.6 Å². The van der Waals surface area contributed by atoms with Crippen molar-refractivity contribution in [3.63, 3.8) is 0 Å². The Hall–Kier alpha value is -0.120.